The van der Waals surface area contributed by atoms with Crippen molar-refractivity contribution in [1.82, 2.24) is 20.6 Å². The third-order valence-corrected chi connectivity index (χ3v) is 5.97. The van der Waals surface area contributed by atoms with Gasteiger partial charge in [0, 0.05) is 37.5 Å². The molecule has 2 rings (SSSR count). The number of hydrogen-bond acceptors (Lipinski definition) is 8. The first-order valence-electron chi connectivity index (χ1n) is 13.2. The van der Waals surface area contributed by atoms with Crippen molar-refractivity contribution in [2.45, 2.75) is 82.7 Å². The number of alkyl carbamates (subject to hydrolysis) is 1. The molecule has 0 saturated carbocycles. The van der Waals surface area contributed by atoms with Crippen LogP contribution < -0.4 is 16.0 Å². The Morgan fingerprint density at radius 2 is 1.77 bits per heavy atom. The highest BCUT2D eigenvalue weighted by molar-refractivity contribution is 7.98. The van der Waals surface area contributed by atoms with Gasteiger partial charge in [-0.2, -0.15) is 0 Å². The number of aliphatic hydroxyl groups is 1. The standard InChI is InChI=1S/C29H39N5O5S/c1-29(2,3)39-28(38)30-17-9-8-11-24(26(37)33-23-15-13-21(20-35)14-16-23)34-25(36)12-7-5-6-10-22-18-31-27(40-4)32-19-22/h13-16,18-19,24,35H,5,7-9,11-12,17,20H2,1-4H3,(H,30,38)(H,33,37)(H,34,36)/t24-/m0/s1. The largest absolute Gasteiger partial charge is 0.444 e. The van der Waals surface area contributed by atoms with E-state index in [1.165, 1.54) is 11.8 Å². The number of carbonyl (C=O) groups excluding carboxylic acids is 3. The first-order chi connectivity index (χ1) is 19.1. The fraction of sp³-hybridized carbons (Fsp3) is 0.483. The first-order valence-corrected chi connectivity index (χ1v) is 14.4. The fourth-order valence-corrected chi connectivity index (χ4v) is 3.74. The van der Waals surface area contributed by atoms with Gasteiger partial charge in [-0.25, -0.2) is 14.8 Å². The van der Waals surface area contributed by atoms with E-state index in [4.69, 9.17) is 4.74 Å². The van der Waals surface area contributed by atoms with Crippen molar-refractivity contribution < 1.29 is 24.2 Å². The Labute approximate surface area is 240 Å². The van der Waals surface area contributed by atoms with Gasteiger partial charge in [-0.15, -0.1) is 0 Å². The molecular formula is C29H39N5O5S. The summed E-state index contributed by atoms with van der Waals surface area (Å²) in [6.07, 6.45) is 7.64. The molecule has 11 heteroatoms. The number of unbranched alkanes of at least 4 members (excludes halogenated alkanes) is 2. The quantitative estimate of drug-likeness (QED) is 0.123. The second-order valence-corrected chi connectivity index (χ2v) is 10.8. The third kappa shape index (κ3) is 13.4. The van der Waals surface area contributed by atoms with Crippen LogP contribution in [-0.4, -0.2) is 57.4 Å². The van der Waals surface area contributed by atoms with E-state index in [1.807, 2.05) is 6.26 Å². The maximum atomic E-state index is 13.0. The van der Waals surface area contributed by atoms with E-state index in [1.54, 1.807) is 57.4 Å². The minimum absolute atomic E-state index is 0.0906. The van der Waals surface area contributed by atoms with E-state index in [0.29, 0.717) is 55.1 Å². The SMILES string of the molecule is CSc1ncc(C#CCCCC(=O)N[C@@H](CCCCNC(=O)OC(C)(C)C)C(=O)Nc2ccc(CO)cc2)cn1. The Morgan fingerprint density at radius 3 is 2.40 bits per heavy atom. The molecule has 3 amide bonds. The number of ether oxygens (including phenoxy) is 1. The molecule has 0 aliphatic rings. The molecule has 1 heterocycles. The third-order valence-electron chi connectivity index (χ3n) is 5.39. The summed E-state index contributed by atoms with van der Waals surface area (Å²) in [5, 5.41) is 18.3. The second-order valence-electron chi connectivity index (χ2n) is 10.0. The Morgan fingerprint density at radius 1 is 1.07 bits per heavy atom. The fourth-order valence-electron chi connectivity index (χ4n) is 3.42. The molecule has 1 atom stereocenters. The van der Waals surface area contributed by atoms with Crippen molar-refractivity contribution in [3.8, 4) is 11.8 Å². The van der Waals surface area contributed by atoms with Gasteiger partial charge in [-0.1, -0.05) is 35.7 Å². The average Bonchev–Trinajstić information content (AvgIpc) is 2.91. The van der Waals surface area contributed by atoms with Gasteiger partial charge < -0.3 is 25.8 Å². The Balaban J connectivity index is 1.86. The van der Waals surface area contributed by atoms with Gasteiger partial charge >= 0.3 is 6.09 Å². The van der Waals surface area contributed by atoms with Gasteiger partial charge in [0.1, 0.15) is 11.6 Å². The highest BCUT2D eigenvalue weighted by atomic mass is 32.2. The van der Waals surface area contributed by atoms with E-state index in [-0.39, 0.29) is 24.8 Å². The average molecular weight is 570 g/mol. The van der Waals surface area contributed by atoms with E-state index in [0.717, 1.165) is 5.56 Å². The Bertz CT molecular complexity index is 1150. The van der Waals surface area contributed by atoms with Crippen LogP contribution in [0.4, 0.5) is 10.5 Å². The van der Waals surface area contributed by atoms with Crippen LogP contribution >= 0.6 is 11.8 Å². The Kier molecular flexibility index (Phi) is 14.0. The lowest BCUT2D eigenvalue weighted by Gasteiger charge is -2.20. The van der Waals surface area contributed by atoms with Crippen molar-refractivity contribution >= 4 is 35.4 Å². The highest BCUT2D eigenvalue weighted by Crippen LogP contribution is 2.12. The second kappa shape index (κ2) is 17.2. The number of hydrogen-bond donors (Lipinski definition) is 4. The molecule has 0 saturated heterocycles. The Hall–Kier alpha value is -3.62. The number of carbonyl (C=O) groups is 3. The van der Waals surface area contributed by atoms with Gasteiger partial charge in [0.2, 0.25) is 11.8 Å². The lowest BCUT2D eigenvalue weighted by molar-refractivity contribution is -0.126. The zero-order valence-corrected chi connectivity index (χ0v) is 24.4. The van der Waals surface area contributed by atoms with E-state index in [2.05, 4.69) is 37.8 Å². The number of thioether (sulfide) groups is 1. The summed E-state index contributed by atoms with van der Waals surface area (Å²) < 4.78 is 5.22. The maximum absolute atomic E-state index is 13.0. The van der Waals surface area contributed by atoms with Crippen molar-refractivity contribution in [2.75, 3.05) is 18.1 Å². The first kappa shape index (κ1) is 32.6. The monoisotopic (exact) mass is 569 g/mol. The number of aromatic nitrogens is 2. The molecular weight excluding hydrogens is 530 g/mol. The van der Waals surface area contributed by atoms with Crippen LogP contribution in [0.3, 0.4) is 0 Å². The topological polar surface area (TPSA) is 143 Å². The molecule has 216 valence electrons. The normalized spacial score (nSPS) is 11.5. The number of amides is 3. The van der Waals surface area contributed by atoms with Crippen LogP contribution in [0.5, 0.6) is 0 Å². The molecule has 10 nitrogen and oxygen atoms in total. The van der Waals surface area contributed by atoms with E-state index in [9.17, 15) is 19.5 Å². The van der Waals surface area contributed by atoms with E-state index < -0.39 is 17.7 Å². The number of anilines is 1. The maximum Gasteiger partial charge on any atom is 0.407 e. The molecule has 1 aromatic carbocycles. The number of rotatable bonds is 13. The minimum atomic E-state index is -0.746. The zero-order valence-electron chi connectivity index (χ0n) is 23.6. The number of aliphatic hydroxyl groups excluding tert-OH is 1. The summed E-state index contributed by atoms with van der Waals surface area (Å²) in [5.74, 6) is 5.44. The molecule has 0 fully saturated rings. The van der Waals surface area contributed by atoms with Crippen LogP contribution in [0.2, 0.25) is 0 Å². The molecule has 40 heavy (non-hydrogen) atoms. The molecule has 2 aromatic rings. The summed E-state index contributed by atoms with van der Waals surface area (Å²) in [4.78, 5) is 45.8. The summed E-state index contributed by atoms with van der Waals surface area (Å²) in [7, 11) is 0. The van der Waals surface area contributed by atoms with Crippen LogP contribution in [0.1, 0.15) is 70.4 Å². The summed E-state index contributed by atoms with van der Waals surface area (Å²) in [6, 6.07) is 6.09. The van der Waals surface area contributed by atoms with Gasteiger partial charge in [0.05, 0.1) is 12.2 Å². The van der Waals surface area contributed by atoms with Crippen molar-refractivity contribution in [2.24, 2.45) is 0 Å². The molecule has 4 N–H and O–H groups in total. The van der Waals surface area contributed by atoms with Gasteiger partial charge in [-0.3, -0.25) is 9.59 Å². The van der Waals surface area contributed by atoms with Crippen molar-refractivity contribution in [1.29, 1.82) is 0 Å². The van der Waals surface area contributed by atoms with Crippen LogP contribution in [0.15, 0.2) is 41.8 Å². The van der Waals surface area contributed by atoms with Gasteiger partial charge in [0.15, 0.2) is 5.16 Å². The van der Waals surface area contributed by atoms with Gasteiger partial charge in [-0.05, 0) is 70.4 Å². The molecule has 0 spiro atoms. The molecule has 0 radical (unpaired) electrons. The minimum Gasteiger partial charge on any atom is -0.444 e. The van der Waals surface area contributed by atoms with Crippen LogP contribution in [0, 0.1) is 11.8 Å². The predicted octanol–water partition coefficient (Wildman–Crippen LogP) is 4.03. The number of nitrogens with one attached hydrogen (secondary N) is 3. The van der Waals surface area contributed by atoms with Crippen molar-refractivity contribution in [3.05, 3.63) is 47.8 Å². The zero-order chi connectivity index (χ0) is 29.4. The molecule has 1 aromatic heterocycles. The molecule has 0 aliphatic carbocycles. The lowest BCUT2D eigenvalue weighted by atomic mass is 10.1. The predicted molar refractivity (Wildman–Crippen MR) is 156 cm³/mol. The summed E-state index contributed by atoms with van der Waals surface area (Å²) in [6.45, 7) is 5.68. The van der Waals surface area contributed by atoms with E-state index >= 15 is 0 Å². The number of benzene rings is 1. The smallest absolute Gasteiger partial charge is 0.407 e. The van der Waals surface area contributed by atoms with Crippen molar-refractivity contribution in [3.63, 3.8) is 0 Å². The van der Waals surface area contributed by atoms with Gasteiger partial charge in [0.25, 0.3) is 0 Å². The summed E-state index contributed by atoms with van der Waals surface area (Å²) >= 11 is 1.46. The lowest BCUT2D eigenvalue weighted by Crippen LogP contribution is -2.43. The number of nitrogens with zero attached hydrogens (tertiary/aromatic N) is 2. The van der Waals surface area contributed by atoms with Crippen LogP contribution in [-0.2, 0) is 20.9 Å². The molecule has 0 aliphatic heterocycles. The highest BCUT2D eigenvalue weighted by Gasteiger charge is 2.21. The summed E-state index contributed by atoms with van der Waals surface area (Å²) in [5.41, 5.74) is 1.44. The molecule has 0 bridgehead atoms. The van der Waals surface area contributed by atoms with Crippen LogP contribution in [0.25, 0.3) is 0 Å². The molecule has 0 unspecified atom stereocenters.